The summed E-state index contributed by atoms with van der Waals surface area (Å²) in [6, 6.07) is 16.2. The Kier molecular flexibility index (Phi) is 16.1. The van der Waals surface area contributed by atoms with Crippen molar-refractivity contribution in [3.8, 4) is 17.7 Å². The molecular weight excluding hydrogens is 1190 g/mol. The Morgan fingerprint density at radius 3 is 2.04 bits per heavy atom. The molecule has 5 aromatic carbocycles. The van der Waals surface area contributed by atoms with E-state index in [0.29, 0.717) is 40.1 Å². The van der Waals surface area contributed by atoms with Crippen LogP contribution >= 0.6 is 34.7 Å². The van der Waals surface area contributed by atoms with Crippen LogP contribution in [-0.4, -0.2) is 108 Å². The van der Waals surface area contributed by atoms with Gasteiger partial charge in [-0.3, -0.25) is 27.2 Å². The molecular formula is C43H35ClN10O17S7. The molecule has 8 aromatic rings. The number of para-hydroxylation sites is 2. The molecule has 0 aliphatic rings. The summed E-state index contributed by atoms with van der Waals surface area (Å²) in [6.07, 6.45) is -0.239. The Bertz CT molecular complexity index is 4570. The van der Waals surface area contributed by atoms with Crippen LogP contribution in [0, 0.1) is 25.2 Å². The molecule has 8 rings (SSSR count). The maximum absolute atomic E-state index is 12.6. The molecule has 27 nitrogen and oxygen atoms in total. The summed E-state index contributed by atoms with van der Waals surface area (Å²) < 4.78 is 176. The number of hydrogen-bond acceptors (Lipinski definition) is 23. The van der Waals surface area contributed by atoms with Crippen LogP contribution in [0.4, 0.5) is 33.6 Å². The van der Waals surface area contributed by atoms with Crippen LogP contribution in [0.5, 0.6) is 11.6 Å². The SMILES string of the molecule is Cc1cc(N=Nc2c(C)c(C#N)c3nc4ccccc4n3c2O)c(OCCCS(=O)(=O)O)cc1N=Nc1cc(Cl)c(N=Nc2nc3c(S(=O)(=O)O)cc4c(S(=O)(=O)O)cc(S(=O)(=O)O)cc4c3s2)cc1SCCCS(=O)(=O)O. The molecule has 0 fully saturated rings. The van der Waals surface area contributed by atoms with Gasteiger partial charge in [0.25, 0.3) is 50.6 Å². The molecule has 0 atom stereocenters. The highest BCUT2D eigenvalue weighted by Crippen LogP contribution is 2.45. The van der Waals surface area contributed by atoms with Gasteiger partial charge in [0.2, 0.25) is 11.0 Å². The van der Waals surface area contributed by atoms with Gasteiger partial charge in [-0.15, -0.1) is 37.3 Å². The first kappa shape index (κ1) is 57.5. The van der Waals surface area contributed by atoms with Crippen LogP contribution in [0.2, 0.25) is 5.02 Å². The van der Waals surface area contributed by atoms with E-state index in [0.717, 1.165) is 17.8 Å². The highest BCUT2D eigenvalue weighted by atomic mass is 35.5. The second-order valence-corrected chi connectivity index (χ2v) is 26.4. The molecule has 3 aromatic heterocycles. The largest absolute Gasteiger partial charge is 0.493 e. The van der Waals surface area contributed by atoms with Gasteiger partial charge < -0.3 is 9.84 Å². The minimum atomic E-state index is -5.31. The highest BCUT2D eigenvalue weighted by Gasteiger charge is 2.28. The van der Waals surface area contributed by atoms with Gasteiger partial charge in [0, 0.05) is 27.3 Å². The van der Waals surface area contributed by atoms with E-state index in [1.54, 1.807) is 38.1 Å². The van der Waals surface area contributed by atoms with Crippen molar-refractivity contribution in [1.29, 1.82) is 5.26 Å². The average molecular weight is 1220 g/mol. The fraction of sp³-hybridized carbons (Fsp3) is 0.186. The number of aryl methyl sites for hydroxylation is 1. The van der Waals surface area contributed by atoms with E-state index in [4.69, 9.17) is 16.3 Å². The van der Waals surface area contributed by atoms with Gasteiger partial charge in [0.05, 0.1) is 49.5 Å². The van der Waals surface area contributed by atoms with Crippen LogP contribution in [0.3, 0.4) is 0 Å². The van der Waals surface area contributed by atoms with Gasteiger partial charge in [-0.1, -0.05) is 35.1 Å². The molecule has 35 heteroatoms. The zero-order valence-electron chi connectivity index (χ0n) is 39.5. The zero-order chi connectivity index (χ0) is 56.9. The van der Waals surface area contributed by atoms with E-state index in [2.05, 4.69) is 46.7 Å². The fourth-order valence-electron chi connectivity index (χ4n) is 7.54. The van der Waals surface area contributed by atoms with Crippen molar-refractivity contribution in [2.75, 3.05) is 23.9 Å². The summed E-state index contributed by atoms with van der Waals surface area (Å²) >= 11 is 8.22. The number of halogens is 1. The molecule has 0 aliphatic heterocycles. The van der Waals surface area contributed by atoms with Crippen LogP contribution in [0.25, 0.3) is 37.7 Å². The molecule has 0 radical (unpaired) electrons. The smallest absolute Gasteiger partial charge is 0.296 e. The van der Waals surface area contributed by atoms with Gasteiger partial charge >= 0.3 is 0 Å². The molecule has 6 N–H and O–H groups in total. The van der Waals surface area contributed by atoms with E-state index in [1.807, 2.05) is 0 Å². The molecule has 0 bridgehead atoms. The number of hydrogen-bond donors (Lipinski definition) is 6. The van der Waals surface area contributed by atoms with E-state index in [1.165, 1.54) is 28.7 Å². The van der Waals surface area contributed by atoms with Crippen LogP contribution in [0.15, 0.2) is 117 Å². The zero-order valence-corrected chi connectivity index (χ0v) is 45.9. The van der Waals surface area contributed by atoms with Crippen molar-refractivity contribution in [1.82, 2.24) is 14.4 Å². The second-order valence-electron chi connectivity index (χ2n) is 16.5. The predicted octanol–water partition coefficient (Wildman–Crippen LogP) is 10.1. The van der Waals surface area contributed by atoms with E-state index in [9.17, 15) is 75.2 Å². The molecule has 78 heavy (non-hydrogen) atoms. The van der Waals surface area contributed by atoms with Gasteiger partial charge in [-0.2, -0.15) is 52.5 Å². The molecule has 0 amide bonds. The Morgan fingerprint density at radius 1 is 0.718 bits per heavy atom. The first-order chi connectivity index (χ1) is 36.4. The summed E-state index contributed by atoms with van der Waals surface area (Å²) in [5.41, 5.74) is 1.42. The molecule has 408 valence electrons. The summed E-state index contributed by atoms with van der Waals surface area (Å²) in [4.78, 5) is 5.72. The van der Waals surface area contributed by atoms with Gasteiger partial charge in [0.15, 0.2) is 11.3 Å². The molecule has 0 unspecified atom stereocenters. The van der Waals surface area contributed by atoms with Gasteiger partial charge in [-0.25, -0.2) is 9.97 Å². The maximum Gasteiger partial charge on any atom is 0.296 e. The number of aromatic hydroxyl groups is 1. The minimum absolute atomic E-state index is 0.0293. The second kappa shape index (κ2) is 21.8. The number of aromatic nitrogens is 3. The van der Waals surface area contributed by atoms with Crippen LogP contribution < -0.4 is 4.74 Å². The molecule has 3 heterocycles. The quantitative estimate of drug-likeness (QED) is 0.0190. The van der Waals surface area contributed by atoms with Crippen LogP contribution in [-0.2, 0) is 50.6 Å². The number of benzene rings is 5. The predicted molar refractivity (Wildman–Crippen MR) is 284 cm³/mol. The summed E-state index contributed by atoms with van der Waals surface area (Å²) in [5, 5.41) is 45.7. The Morgan fingerprint density at radius 2 is 1.37 bits per heavy atom. The number of thiazole rings is 1. The minimum Gasteiger partial charge on any atom is -0.493 e. The first-order valence-electron chi connectivity index (χ1n) is 21.7. The Balaban J connectivity index is 1.19. The van der Waals surface area contributed by atoms with Gasteiger partial charge in [-0.05, 0) is 86.5 Å². The number of thioether (sulfide) groups is 1. The lowest BCUT2D eigenvalue weighted by Crippen LogP contribution is -2.08. The molecule has 0 saturated heterocycles. The van der Waals surface area contributed by atoms with Crippen molar-refractivity contribution in [2.24, 2.45) is 30.7 Å². The summed E-state index contributed by atoms with van der Waals surface area (Å²) in [6.45, 7) is 2.89. The molecule has 0 saturated carbocycles. The topological polar surface area (TPSA) is 429 Å². The van der Waals surface area contributed by atoms with E-state index < -0.39 is 87.7 Å². The number of rotatable bonds is 19. The Labute approximate surface area is 454 Å². The lowest BCUT2D eigenvalue weighted by Gasteiger charge is -2.12. The Hall–Kier alpha value is -6.72. The van der Waals surface area contributed by atoms with Gasteiger partial charge in [0.1, 0.15) is 49.8 Å². The third kappa shape index (κ3) is 12.7. The van der Waals surface area contributed by atoms with Crippen molar-refractivity contribution in [2.45, 2.75) is 46.3 Å². The number of imidazole rings is 1. The van der Waals surface area contributed by atoms with Crippen molar-refractivity contribution < 1.29 is 74.7 Å². The number of azo groups is 3. The van der Waals surface area contributed by atoms with E-state index in [-0.39, 0.29) is 107 Å². The standard InChI is InChI=1S/C43H35ClN10O17S7/c1-21-13-31(50-52-38-22(2)26(20-45)41-46-28-7-3-4-8-33(28)54(41)42(38)55)34(71-9-5-11-74(56,57)58)18-29(21)48-51-32-17-27(44)30(19-35(32)72-10-6-12-75(59,60)61)49-53-43-47-39-37(78(68,69)70)16-24-25(40(39)73-43)14-23(76(62,63)64)15-36(24)77(65,66)67/h3-4,7-8,13-19,55H,5-6,9-12H2,1-2H3,(H,56,57,58)(H,59,60,61)(H,62,63,64)(H,65,66,67)(H,68,69,70). The number of nitrogens with zero attached hydrogens (tertiary/aromatic N) is 10. The lowest BCUT2D eigenvalue weighted by molar-refractivity contribution is 0.317. The number of nitriles is 1. The van der Waals surface area contributed by atoms with Crippen molar-refractivity contribution in [3.05, 3.63) is 88.4 Å². The normalized spacial score (nSPS) is 13.1. The lowest BCUT2D eigenvalue weighted by atomic mass is 10.1. The third-order valence-electron chi connectivity index (χ3n) is 11.1. The molecule has 0 aliphatic carbocycles. The number of ether oxygens (including phenoxy) is 1. The average Bonchev–Trinajstić information content (AvgIpc) is 3.99. The van der Waals surface area contributed by atoms with Crippen molar-refractivity contribution >= 4 is 157 Å². The third-order valence-corrected chi connectivity index (χ3v) is 17.7. The molecule has 0 spiro atoms. The number of pyridine rings is 1. The fourth-order valence-corrected chi connectivity index (χ4v) is 12.8. The summed E-state index contributed by atoms with van der Waals surface area (Å²) in [7, 11) is -24.4. The summed E-state index contributed by atoms with van der Waals surface area (Å²) in [5.74, 6) is -1.63. The van der Waals surface area contributed by atoms with E-state index >= 15 is 0 Å². The van der Waals surface area contributed by atoms with Crippen LogP contribution in [0.1, 0.15) is 29.5 Å². The number of fused-ring (bicyclic) bond motifs is 6. The maximum atomic E-state index is 12.6. The highest BCUT2D eigenvalue weighted by molar-refractivity contribution is 7.99. The monoisotopic (exact) mass is 1220 g/mol. The first-order valence-corrected chi connectivity index (χ1v) is 31.4. The van der Waals surface area contributed by atoms with Crippen molar-refractivity contribution in [3.63, 3.8) is 0 Å².